The van der Waals surface area contributed by atoms with Gasteiger partial charge in [0.15, 0.2) is 0 Å². The second kappa shape index (κ2) is 5.11. The Morgan fingerprint density at radius 1 is 1.45 bits per heavy atom. The highest BCUT2D eigenvalue weighted by molar-refractivity contribution is 6.05. The Morgan fingerprint density at radius 3 is 2.91 bits per heavy atom. The van der Waals surface area contributed by atoms with E-state index in [0.717, 1.165) is 16.6 Å². The lowest BCUT2D eigenvalue weighted by atomic mass is 9.54. The van der Waals surface area contributed by atoms with Gasteiger partial charge in [0.2, 0.25) is 5.91 Å². The number of carbonyl (C=O) groups excluding carboxylic acids is 1. The number of hydrogen-bond acceptors (Lipinski definition) is 3. The van der Waals surface area contributed by atoms with Crippen molar-refractivity contribution in [2.24, 2.45) is 11.1 Å². The van der Waals surface area contributed by atoms with Gasteiger partial charge in [-0.3, -0.25) is 4.79 Å². The molecule has 2 aromatic rings. The summed E-state index contributed by atoms with van der Waals surface area (Å²) in [7, 11) is 0. The van der Waals surface area contributed by atoms with E-state index < -0.39 is 5.54 Å². The molecule has 118 valence electrons. The fourth-order valence-electron chi connectivity index (χ4n) is 3.25. The molecule has 1 saturated carbocycles. The van der Waals surface area contributed by atoms with Crippen LogP contribution in [0.2, 0.25) is 0 Å². The van der Waals surface area contributed by atoms with E-state index in [1.165, 1.54) is 0 Å². The van der Waals surface area contributed by atoms with E-state index in [4.69, 9.17) is 10.5 Å². The van der Waals surface area contributed by atoms with Crippen molar-refractivity contribution in [1.82, 2.24) is 4.98 Å². The lowest BCUT2D eigenvalue weighted by Gasteiger charge is -2.57. The molecule has 22 heavy (non-hydrogen) atoms. The van der Waals surface area contributed by atoms with E-state index >= 15 is 0 Å². The predicted molar refractivity (Wildman–Crippen MR) is 87.7 cm³/mol. The molecule has 5 heteroatoms. The largest absolute Gasteiger partial charge is 0.378 e. The number of hydrogen-bond donors (Lipinski definition) is 3. The van der Waals surface area contributed by atoms with Gasteiger partial charge in [-0.1, -0.05) is 19.9 Å². The molecule has 1 aromatic heterocycles. The quantitative estimate of drug-likeness (QED) is 0.812. The Bertz CT molecular complexity index is 707. The van der Waals surface area contributed by atoms with Gasteiger partial charge in [-0.2, -0.15) is 0 Å². The zero-order valence-electron chi connectivity index (χ0n) is 13.3. The van der Waals surface area contributed by atoms with Gasteiger partial charge in [0, 0.05) is 35.5 Å². The number of nitrogens with two attached hydrogens (primary N) is 1. The van der Waals surface area contributed by atoms with Crippen LogP contribution in [0.1, 0.15) is 27.2 Å². The number of aromatic amines is 1. The summed E-state index contributed by atoms with van der Waals surface area (Å²) in [6, 6.07) is 7.72. The average Bonchev–Trinajstić information content (AvgIpc) is 2.96. The average molecular weight is 301 g/mol. The van der Waals surface area contributed by atoms with E-state index in [0.29, 0.717) is 13.0 Å². The summed E-state index contributed by atoms with van der Waals surface area (Å²) in [4.78, 5) is 15.9. The van der Waals surface area contributed by atoms with Crippen LogP contribution in [0.15, 0.2) is 30.5 Å². The number of anilines is 1. The second-order valence-corrected chi connectivity index (χ2v) is 6.54. The SMILES string of the molecule is CCOC1CC(N)(C(=O)Nc2cccc3[nH]ccc23)C1(C)C. The molecule has 3 rings (SSSR count). The number of nitrogens with one attached hydrogen (secondary N) is 2. The summed E-state index contributed by atoms with van der Waals surface area (Å²) >= 11 is 0. The number of rotatable bonds is 4. The normalized spacial score (nSPS) is 26.6. The Balaban J connectivity index is 1.82. The van der Waals surface area contributed by atoms with Gasteiger partial charge in [0.1, 0.15) is 5.54 Å². The van der Waals surface area contributed by atoms with Gasteiger partial charge in [-0.05, 0) is 25.1 Å². The van der Waals surface area contributed by atoms with E-state index in [1.54, 1.807) is 0 Å². The first kappa shape index (κ1) is 15.1. The molecule has 4 N–H and O–H groups in total. The van der Waals surface area contributed by atoms with Crippen molar-refractivity contribution in [1.29, 1.82) is 0 Å². The van der Waals surface area contributed by atoms with Gasteiger partial charge in [0.05, 0.1) is 11.8 Å². The monoisotopic (exact) mass is 301 g/mol. The van der Waals surface area contributed by atoms with Crippen LogP contribution in [0.4, 0.5) is 5.69 Å². The molecule has 0 aliphatic heterocycles. The standard InChI is InChI=1S/C17H23N3O2/c1-4-22-14-10-17(18,16(14,2)3)15(21)20-13-7-5-6-12-11(13)8-9-19-12/h5-9,14,19H,4,10,18H2,1-3H3,(H,20,21). The molecule has 1 amide bonds. The summed E-state index contributed by atoms with van der Waals surface area (Å²) in [5, 5.41) is 3.98. The molecule has 0 radical (unpaired) electrons. The molecular formula is C17H23N3O2. The molecule has 1 aliphatic rings. The number of aromatic nitrogens is 1. The number of fused-ring (bicyclic) bond motifs is 1. The highest BCUT2D eigenvalue weighted by Crippen LogP contribution is 2.50. The van der Waals surface area contributed by atoms with Crippen LogP contribution in [0.3, 0.4) is 0 Å². The highest BCUT2D eigenvalue weighted by atomic mass is 16.5. The van der Waals surface area contributed by atoms with Crippen molar-refractivity contribution in [2.45, 2.75) is 38.8 Å². The molecule has 2 unspecified atom stereocenters. The number of benzene rings is 1. The third-order valence-corrected chi connectivity index (χ3v) is 5.08. The summed E-state index contributed by atoms with van der Waals surface area (Å²) < 4.78 is 5.68. The lowest BCUT2D eigenvalue weighted by Crippen LogP contribution is -2.74. The van der Waals surface area contributed by atoms with Crippen molar-refractivity contribution >= 4 is 22.5 Å². The molecular weight excluding hydrogens is 278 g/mol. The van der Waals surface area contributed by atoms with Crippen LogP contribution < -0.4 is 11.1 Å². The van der Waals surface area contributed by atoms with Gasteiger partial charge in [0.25, 0.3) is 0 Å². The van der Waals surface area contributed by atoms with Crippen LogP contribution in [-0.4, -0.2) is 29.1 Å². The minimum atomic E-state index is -0.911. The molecule has 1 aliphatic carbocycles. The van der Waals surface area contributed by atoms with E-state index in [9.17, 15) is 4.79 Å². The zero-order chi connectivity index (χ0) is 16.0. The number of carbonyl (C=O) groups is 1. The van der Waals surface area contributed by atoms with Crippen molar-refractivity contribution in [3.05, 3.63) is 30.5 Å². The summed E-state index contributed by atoms with van der Waals surface area (Å²) in [5.41, 5.74) is 6.88. The van der Waals surface area contributed by atoms with Crippen LogP contribution in [0, 0.1) is 5.41 Å². The van der Waals surface area contributed by atoms with Crippen LogP contribution in [-0.2, 0) is 9.53 Å². The fourth-order valence-corrected chi connectivity index (χ4v) is 3.25. The molecule has 2 atom stereocenters. The fraction of sp³-hybridized carbons (Fsp3) is 0.471. The molecule has 5 nitrogen and oxygen atoms in total. The minimum Gasteiger partial charge on any atom is -0.378 e. The Kier molecular flexibility index (Phi) is 3.50. The molecule has 0 spiro atoms. The third kappa shape index (κ3) is 2.04. The van der Waals surface area contributed by atoms with E-state index in [1.807, 2.05) is 51.2 Å². The summed E-state index contributed by atoms with van der Waals surface area (Å²) in [6.07, 6.45) is 2.43. The zero-order valence-corrected chi connectivity index (χ0v) is 13.3. The maximum absolute atomic E-state index is 12.7. The Labute approximate surface area is 130 Å². The van der Waals surface area contributed by atoms with Gasteiger partial charge in [-0.25, -0.2) is 0 Å². The van der Waals surface area contributed by atoms with E-state index in [2.05, 4.69) is 10.3 Å². The van der Waals surface area contributed by atoms with E-state index in [-0.39, 0.29) is 17.4 Å². The lowest BCUT2D eigenvalue weighted by molar-refractivity contribution is -0.166. The first-order chi connectivity index (χ1) is 10.4. The summed E-state index contributed by atoms with van der Waals surface area (Å²) in [5.74, 6) is -0.151. The first-order valence-electron chi connectivity index (χ1n) is 7.68. The second-order valence-electron chi connectivity index (χ2n) is 6.54. The van der Waals surface area contributed by atoms with Crippen molar-refractivity contribution in [3.63, 3.8) is 0 Å². The van der Waals surface area contributed by atoms with Crippen molar-refractivity contribution in [3.8, 4) is 0 Å². The maximum atomic E-state index is 12.7. The van der Waals surface area contributed by atoms with Crippen molar-refractivity contribution < 1.29 is 9.53 Å². The first-order valence-corrected chi connectivity index (χ1v) is 7.68. The van der Waals surface area contributed by atoms with Gasteiger partial charge < -0.3 is 20.8 Å². The Hall–Kier alpha value is -1.85. The van der Waals surface area contributed by atoms with Crippen LogP contribution >= 0.6 is 0 Å². The maximum Gasteiger partial charge on any atom is 0.245 e. The van der Waals surface area contributed by atoms with Crippen LogP contribution in [0.25, 0.3) is 10.9 Å². The highest BCUT2D eigenvalue weighted by Gasteiger charge is 2.62. The topological polar surface area (TPSA) is 80.1 Å². The molecule has 1 aromatic carbocycles. The van der Waals surface area contributed by atoms with Gasteiger partial charge in [-0.15, -0.1) is 0 Å². The van der Waals surface area contributed by atoms with Crippen LogP contribution in [0.5, 0.6) is 0 Å². The molecule has 0 saturated heterocycles. The number of amides is 1. The smallest absolute Gasteiger partial charge is 0.245 e. The Morgan fingerprint density at radius 2 is 2.23 bits per heavy atom. The molecule has 1 heterocycles. The third-order valence-electron chi connectivity index (χ3n) is 5.08. The van der Waals surface area contributed by atoms with Gasteiger partial charge >= 0.3 is 0 Å². The molecule has 1 fully saturated rings. The molecule has 0 bridgehead atoms. The van der Waals surface area contributed by atoms with Crippen molar-refractivity contribution in [2.75, 3.05) is 11.9 Å². The predicted octanol–water partition coefficient (Wildman–Crippen LogP) is 2.64. The number of H-pyrrole nitrogens is 1. The minimum absolute atomic E-state index is 0.0244. The summed E-state index contributed by atoms with van der Waals surface area (Å²) in [6.45, 7) is 6.58. The number of ether oxygens (including phenoxy) is 1.